The van der Waals surface area contributed by atoms with Crippen LogP contribution in [0.5, 0.6) is 0 Å². The fourth-order valence-corrected chi connectivity index (χ4v) is 2.08. The molecule has 1 saturated heterocycles. The van der Waals surface area contributed by atoms with E-state index < -0.39 is 18.1 Å². The quantitative estimate of drug-likeness (QED) is 0.681. The Morgan fingerprint density at radius 2 is 2.00 bits per heavy atom. The van der Waals surface area contributed by atoms with Crippen LogP contribution in [-0.4, -0.2) is 63.8 Å². The van der Waals surface area contributed by atoms with Gasteiger partial charge < -0.3 is 20.0 Å². The number of hydrogen-bond acceptors (Lipinski definition) is 3. The molecule has 1 heterocycles. The number of likely N-dealkylation sites (tertiary alicyclic amines) is 1. The highest BCUT2D eigenvalue weighted by Gasteiger charge is 2.42. The minimum atomic E-state index is -1.05. The normalized spacial score (nSPS) is 29.2. The molecule has 16 heavy (non-hydrogen) atoms. The number of β-amino-alcohol motifs (C(OH)–C–C–N with tert-alkyl or cyclic N) is 1. The van der Waals surface area contributed by atoms with Gasteiger partial charge in [0.15, 0.2) is 0 Å². The van der Waals surface area contributed by atoms with E-state index in [1.165, 1.54) is 4.90 Å². The van der Waals surface area contributed by atoms with E-state index in [1.807, 2.05) is 0 Å². The molecule has 1 saturated carbocycles. The lowest BCUT2D eigenvalue weighted by atomic mass is 10.2. The van der Waals surface area contributed by atoms with Crippen LogP contribution in [0, 0.1) is 0 Å². The summed E-state index contributed by atoms with van der Waals surface area (Å²) < 4.78 is 0. The number of urea groups is 1. The average Bonchev–Trinajstić information content (AvgIpc) is 2.99. The lowest BCUT2D eigenvalue weighted by Crippen LogP contribution is -2.47. The molecular formula is C10H16N2O4. The second-order valence-corrected chi connectivity index (χ2v) is 4.52. The molecule has 0 aromatic heterocycles. The molecule has 2 fully saturated rings. The van der Waals surface area contributed by atoms with Crippen LogP contribution < -0.4 is 0 Å². The molecule has 2 N–H and O–H groups in total. The molecule has 1 aliphatic heterocycles. The van der Waals surface area contributed by atoms with Crippen molar-refractivity contribution in [3.63, 3.8) is 0 Å². The van der Waals surface area contributed by atoms with Crippen LogP contribution in [0.15, 0.2) is 0 Å². The maximum Gasteiger partial charge on any atom is 0.326 e. The molecule has 0 aromatic rings. The number of carboxylic acids is 1. The second-order valence-electron chi connectivity index (χ2n) is 4.52. The summed E-state index contributed by atoms with van der Waals surface area (Å²) in [6.07, 6.45) is 1.37. The summed E-state index contributed by atoms with van der Waals surface area (Å²) in [4.78, 5) is 25.7. The smallest absolute Gasteiger partial charge is 0.326 e. The number of carboxylic acid groups (broad SMARTS) is 1. The Hall–Kier alpha value is -1.30. The Morgan fingerprint density at radius 1 is 1.38 bits per heavy atom. The Morgan fingerprint density at radius 3 is 2.50 bits per heavy atom. The van der Waals surface area contributed by atoms with Crippen molar-refractivity contribution < 1.29 is 19.8 Å². The maximum absolute atomic E-state index is 12.0. The van der Waals surface area contributed by atoms with Crippen molar-refractivity contribution in [1.29, 1.82) is 0 Å². The van der Waals surface area contributed by atoms with Crippen LogP contribution in [0.3, 0.4) is 0 Å². The topological polar surface area (TPSA) is 81.1 Å². The molecule has 0 bridgehead atoms. The Labute approximate surface area is 93.4 Å². The van der Waals surface area contributed by atoms with Crippen LogP contribution in [0.2, 0.25) is 0 Å². The van der Waals surface area contributed by atoms with Gasteiger partial charge in [-0.25, -0.2) is 9.59 Å². The molecule has 0 aromatic carbocycles. The van der Waals surface area contributed by atoms with Crippen molar-refractivity contribution in [1.82, 2.24) is 9.80 Å². The Balaban J connectivity index is 2.06. The van der Waals surface area contributed by atoms with E-state index in [0.29, 0.717) is 0 Å². The van der Waals surface area contributed by atoms with Crippen LogP contribution >= 0.6 is 0 Å². The molecule has 6 heteroatoms. The average molecular weight is 228 g/mol. The van der Waals surface area contributed by atoms with Crippen molar-refractivity contribution in [3.05, 3.63) is 0 Å². The van der Waals surface area contributed by atoms with Gasteiger partial charge in [-0.1, -0.05) is 0 Å². The van der Waals surface area contributed by atoms with Crippen molar-refractivity contribution in [3.8, 4) is 0 Å². The van der Waals surface area contributed by atoms with Crippen LogP contribution in [0.4, 0.5) is 4.79 Å². The first-order valence-corrected chi connectivity index (χ1v) is 5.45. The number of aliphatic hydroxyl groups is 1. The predicted octanol–water partition coefficient (Wildman–Crippen LogP) is -0.280. The lowest BCUT2D eigenvalue weighted by Gasteiger charge is -2.27. The number of rotatable bonds is 2. The molecule has 2 aliphatic rings. The van der Waals surface area contributed by atoms with E-state index >= 15 is 0 Å². The van der Waals surface area contributed by atoms with Gasteiger partial charge in [0.1, 0.15) is 6.04 Å². The van der Waals surface area contributed by atoms with Crippen molar-refractivity contribution >= 4 is 12.0 Å². The molecule has 6 nitrogen and oxygen atoms in total. The van der Waals surface area contributed by atoms with E-state index in [4.69, 9.17) is 5.11 Å². The zero-order valence-corrected chi connectivity index (χ0v) is 9.17. The number of carbonyl (C=O) groups is 2. The highest BCUT2D eigenvalue weighted by molar-refractivity contribution is 5.83. The molecule has 0 spiro atoms. The SMILES string of the molecule is CN(C(=O)N1C[C@@H](O)C[C@H]1C(=O)O)C1CC1. The minimum absolute atomic E-state index is 0.118. The van der Waals surface area contributed by atoms with Gasteiger partial charge in [-0.2, -0.15) is 0 Å². The van der Waals surface area contributed by atoms with Gasteiger partial charge in [0.2, 0.25) is 0 Å². The van der Waals surface area contributed by atoms with Crippen molar-refractivity contribution in [2.45, 2.75) is 37.5 Å². The summed E-state index contributed by atoms with van der Waals surface area (Å²) in [6.45, 7) is 0.118. The Kier molecular flexibility index (Phi) is 2.75. The van der Waals surface area contributed by atoms with E-state index in [9.17, 15) is 14.7 Å². The van der Waals surface area contributed by atoms with Gasteiger partial charge in [-0.05, 0) is 12.8 Å². The lowest BCUT2D eigenvalue weighted by molar-refractivity contribution is -0.141. The zero-order valence-electron chi connectivity index (χ0n) is 9.17. The van der Waals surface area contributed by atoms with E-state index in [1.54, 1.807) is 11.9 Å². The summed E-state index contributed by atoms with van der Waals surface area (Å²) in [5.74, 6) is -1.05. The van der Waals surface area contributed by atoms with Crippen LogP contribution in [0.25, 0.3) is 0 Å². The first-order valence-electron chi connectivity index (χ1n) is 5.45. The molecule has 0 unspecified atom stereocenters. The van der Waals surface area contributed by atoms with Gasteiger partial charge in [-0.15, -0.1) is 0 Å². The third-order valence-electron chi connectivity index (χ3n) is 3.21. The maximum atomic E-state index is 12.0. The van der Waals surface area contributed by atoms with Crippen LogP contribution in [0.1, 0.15) is 19.3 Å². The predicted molar refractivity (Wildman–Crippen MR) is 54.9 cm³/mol. The van der Waals surface area contributed by atoms with Crippen molar-refractivity contribution in [2.24, 2.45) is 0 Å². The summed E-state index contributed by atoms with van der Waals surface area (Å²) in [7, 11) is 1.68. The fourth-order valence-electron chi connectivity index (χ4n) is 2.08. The monoisotopic (exact) mass is 228 g/mol. The van der Waals surface area contributed by atoms with Crippen molar-refractivity contribution in [2.75, 3.05) is 13.6 Å². The van der Waals surface area contributed by atoms with E-state index in [2.05, 4.69) is 0 Å². The molecular weight excluding hydrogens is 212 g/mol. The largest absolute Gasteiger partial charge is 0.480 e. The number of nitrogens with zero attached hydrogens (tertiary/aromatic N) is 2. The number of carbonyl (C=O) groups excluding carboxylic acids is 1. The highest BCUT2D eigenvalue weighted by Crippen LogP contribution is 2.28. The first-order chi connectivity index (χ1) is 7.50. The minimum Gasteiger partial charge on any atom is -0.480 e. The summed E-state index contributed by atoms with van der Waals surface area (Å²) in [6, 6.07) is -0.921. The van der Waals surface area contributed by atoms with Gasteiger partial charge in [0.25, 0.3) is 0 Å². The van der Waals surface area contributed by atoms with E-state index in [-0.39, 0.29) is 25.0 Å². The van der Waals surface area contributed by atoms with Gasteiger partial charge in [-0.3, -0.25) is 0 Å². The fraction of sp³-hybridized carbons (Fsp3) is 0.800. The molecule has 1 aliphatic carbocycles. The van der Waals surface area contributed by atoms with Gasteiger partial charge >= 0.3 is 12.0 Å². The molecule has 90 valence electrons. The summed E-state index contributed by atoms with van der Waals surface area (Å²) in [5, 5.41) is 18.4. The summed E-state index contributed by atoms with van der Waals surface area (Å²) in [5.41, 5.74) is 0. The third kappa shape index (κ3) is 1.97. The van der Waals surface area contributed by atoms with Gasteiger partial charge in [0, 0.05) is 26.1 Å². The van der Waals surface area contributed by atoms with Crippen LogP contribution in [-0.2, 0) is 4.79 Å². The van der Waals surface area contributed by atoms with Gasteiger partial charge in [0.05, 0.1) is 6.10 Å². The number of hydrogen-bond donors (Lipinski definition) is 2. The highest BCUT2D eigenvalue weighted by atomic mass is 16.4. The molecule has 2 atom stereocenters. The third-order valence-corrected chi connectivity index (χ3v) is 3.21. The molecule has 2 rings (SSSR count). The second kappa shape index (κ2) is 3.93. The van der Waals surface area contributed by atoms with E-state index in [0.717, 1.165) is 12.8 Å². The first kappa shape index (κ1) is 11.2. The standard InChI is InChI=1S/C10H16N2O4/c1-11(6-2-3-6)10(16)12-5-7(13)4-8(12)9(14)15/h6-8,13H,2-5H2,1H3,(H,14,15)/t7-,8-/m0/s1. The Bertz CT molecular complexity index is 316. The molecule has 0 radical (unpaired) electrons. The molecule has 2 amide bonds. The number of aliphatic hydroxyl groups excluding tert-OH is 1. The summed E-state index contributed by atoms with van der Waals surface area (Å²) >= 11 is 0. The zero-order chi connectivity index (χ0) is 11.9. The number of aliphatic carboxylic acids is 1. The number of amides is 2.